The van der Waals surface area contributed by atoms with Gasteiger partial charge in [0.25, 0.3) is 0 Å². The molecule has 0 atom stereocenters. The van der Waals surface area contributed by atoms with Crippen LogP contribution >= 0.6 is 11.5 Å². The number of aromatic nitrogens is 1. The van der Waals surface area contributed by atoms with Crippen LogP contribution in [0.3, 0.4) is 0 Å². The summed E-state index contributed by atoms with van der Waals surface area (Å²) < 4.78 is 4.52. The molecule has 1 aliphatic heterocycles. The smallest absolute Gasteiger partial charge is 0.220 e. The quantitative estimate of drug-likeness (QED) is 0.943. The van der Waals surface area contributed by atoms with Crippen molar-refractivity contribution in [3.05, 3.63) is 24.3 Å². The van der Waals surface area contributed by atoms with Gasteiger partial charge in [0.2, 0.25) is 5.91 Å². The molecule has 0 spiro atoms. The highest BCUT2D eigenvalue weighted by atomic mass is 32.1. The van der Waals surface area contributed by atoms with E-state index in [0.29, 0.717) is 12.5 Å². The summed E-state index contributed by atoms with van der Waals surface area (Å²) in [6.07, 6.45) is 3.58. The van der Waals surface area contributed by atoms with Crippen LogP contribution in [-0.4, -0.2) is 29.4 Å². The number of carbonyl (C=O) groups excluding carboxylic acids is 1. The largest absolute Gasteiger partial charge is 0.362 e. The van der Waals surface area contributed by atoms with Gasteiger partial charge in [0.15, 0.2) is 0 Å². The summed E-state index contributed by atoms with van der Waals surface area (Å²) in [5.74, 6) is 0.194. The number of hydrogen-bond acceptors (Lipinski definition) is 4. The number of hydrogen-bond donors (Lipinski definition) is 1. The summed E-state index contributed by atoms with van der Waals surface area (Å²) in [6, 6.07) is 8.63. The first-order chi connectivity index (χ1) is 10.3. The van der Waals surface area contributed by atoms with Crippen LogP contribution < -0.4 is 10.2 Å². The minimum absolute atomic E-state index is 0.194. The Bertz CT molecular complexity index is 617. The Hall–Kier alpha value is -1.62. The van der Waals surface area contributed by atoms with Gasteiger partial charge in [0, 0.05) is 30.9 Å². The van der Waals surface area contributed by atoms with E-state index in [0.717, 1.165) is 37.9 Å². The highest BCUT2D eigenvalue weighted by molar-refractivity contribution is 7.11. The molecule has 0 aliphatic carbocycles. The van der Waals surface area contributed by atoms with Gasteiger partial charge in [-0.15, -0.1) is 0 Å². The van der Waals surface area contributed by atoms with Gasteiger partial charge in [0.05, 0.1) is 5.52 Å². The van der Waals surface area contributed by atoms with E-state index in [9.17, 15) is 4.79 Å². The molecule has 1 fully saturated rings. The van der Waals surface area contributed by atoms with Crippen LogP contribution in [-0.2, 0) is 4.79 Å². The van der Waals surface area contributed by atoms with Gasteiger partial charge < -0.3 is 10.2 Å². The van der Waals surface area contributed by atoms with E-state index < -0.39 is 0 Å². The molecule has 1 N–H and O–H groups in total. The van der Waals surface area contributed by atoms with Crippen LogP contribution in [0, 0.1) is 0 Å². The van der Waals surface area contributed by atoms with Crippen molar-refractivity contribution in [2.45, 2.75) is 38.6 Å². The number of rotatable bonds is 4. The van der Waals surface area contributed by atoms with E-state index in [4.69, 9.17) is 0 Å². The number of piperidine rings is 1. The zero-order valence-corrected chi connectivity index (χ0v) is 13.2. The van der Waals surface area contributed by atoms with Gasteiger partial charge in [-0.05, 0) is 42.9 Å². The molecule has 1 amide bonds. The van der Waals surface area contributed by atoms with E-state index in [1.165, 1.54) is 10.4 Å². The van der Waals surface area contributed by atoms with Crippen molar-refractivity contribution in [2.24, 2.45) is 0 Å². The van der Waals surface area contributed by atoms with Crippen molar-refractivity contribution in [3.8, 4) is 0 Å². The van der Waals surface area contributed by atoms with E-state index in [-0.39, 0.29) is 5.91 Å². The summed E-state index contributed by atoms with van der Waals surface area (Å²) >= 11 is 1.58. The molecule has 112 valence electrons. The van der Waals surface area contributed by atoms with Gasteiger partial charge in [-0.3, -0.25) is 4.79 Å². The van der Waals surface area contributed by atoms with Crippen molar-refractivity contribution in [2.75, 3.05) is 18.0 Å². The van der Waals surface area contributed by atoms with Gasteiger partial charge in [0.1, 0.15) is 5.00 Å². The zero-order valence-electron chi connectivity index (χ0n) is 12.3. The standard InChI is InChI=1S/C16H21N3OS/c1-2-5-15(20)17-12-8-10-19(11-9-12)16-13-6-3-4-7-14(13)18-21-16/h3-4,6-7,12H,2,5,8-11H2,1H3,(H,17,20). The van der Waals surface area contributed by atoms with Gasteiger partial charge >= 0.3 is 0 Å². The average Bonchev–Trinajstić information content (AvgIpc) is 2.92. The summed E-state index contributed by atoms with van der Waals surface area (Å²) in [4.78, 5) is 14.1. The minimum Gasteiger partial charge on any atom is -0.362 e. The molecule has 3 rings (SSSR count). The van der Waals surface area contributed by atoms with E-state index in [1.807, 2.05) is 13.0 Å². The predicted molar refractivity (Wildman–Crippen MR) is 87.9 cm³/mol. The Balaban J connectivity index is 1.62. The molecule has 2 heterocycles. The molecule has 21 heavy (non-hydrogen) atoms. The van der Waals surface area contributed by atoms with E-state index in [1.54, 1.807) is 11.5 Å². The van der Waals surface area contributed by atoms with Crippen molar-refractivity contribution < 1.29 is 4.79 Å². The first kappa shape index (κ1) is 14.3. The molecule has 1 saturated heterocycles. The third-order valence-corrected chi connectivity index (χ3v) is 4.93. The number of fused-ring (bicyclic) bond motifs is 1. The lowest BCUT2D eigenvalue weighted by molar-refractivity contribution is -0.121. The second-order valence-electron chi connectivity index (χ2n) is 5.58. The molecule has 0 unspecified atom stereocenters. The molecular formula is C16H21N3OS. The SMILES string of the molecule is CCCC(=O)NC1CCN(c2snc3ccccc23)CC1. The number of anilines is 1. The normalized spacial score (nSPS) is 16.3. The van der Waals surface area contributed by atoms with Crippen molar-refractivity contribution >= 4 is 33.3 Å². The van der Waals surface area contributed by atoms with Gasteiger partial charge in [-0.25, -0.2) is 0 Å². The van der Waals surface area contributed by atoms with Crippen LogP contribution in [0.15, 0.2) is 24.3 Å². The number of nitrogens with zero attached hydrogens (tertiary/aromatic N) is 2. The maximum Gasteiger partial charge on any atom is 0.220 e. The maximum atomic E-state index is 11.7. The van der Waals surface area contributed by atoms with Gasteiger partial charge in [-0.2, -0.15) is 4.37 Å². The molecular weight excluding hydrogens is 282 g/mol. The van der Waals surface area contributed by atoms with Crippen LogP contribution in [0.4, 0.5) is 5.00 Å². The van der Waals surface area contributed by atoms with Crippen molar-refractivity contribution in [3.63, 3.8) is 0 Å². The summed E-state index contributed by atoms with van der Waals surface area (Å²) in [6.45, 7) is 4.02. The lowest BCUT2D eigenvalue weighted by Gasteiger charge is -2.33. The highest BCUT2D eigenvalue weighted by Gasteiger charge is 2.22. The van der Waals surface area contributed by atoms with Crippen LogP contribution in [0.25, 0.3) is 10.9 Å². The second kappa shape index (κ2) is 6.43. The molecule has 1 aromatic heterocycles. The van der Waals surface area contributed by atoms with Crippen LogP contribution in [0.5, 0.6) is 0 Å². The lowest BCUT2D eigenvalue weighted by Crippen LogP contribution is -2.44. The minimum atomic E-state index is 0.194. The predicted octanol–water partition coefficient (Wildman–Crippen LogP) is 3.18. The summed E-state index contributed by atoms with van der Waals surface area (Å²) in [5.41, 5.74) is 1.08. The third kappa shape index (κ3) is 3.18. The molecule has 0 radical (unpaired) electrons. The van der Waals surface area contributed by atoms with Crippen molar-refractivity contribution in [1.82, 2.24) is 9.69 Å². The lowest BCUT2D eigenvalue weighted by atomic mass is 10.0. The second-order valence-corrected chi connectivity index (χ2v) is 6.34. The average molecular weight is 303 g/mol. The molecule has 2 aromatic rings. The monoisotopic (exact) mass is 303 g/mol. The molecule has 4 nitrogen and oxygen atoms in total. The fourth-order valence-corrected chi connectivity index (χ4v) is 3.77. The summed E-state index contributed by atoms with van der Waals surface area (Å²) in [7, 11) is 0. The number of carbonyl (C=O) groups is 1. The molecule has 1 aromatic carbocycles. The Morgan fingerprint density at radius 1 is 1.38 bits per heavy atom. The number of nitrogens with one attached hydrogen (secondary N) is 1. The van der Waals surface area contributed by atoms with E-state index >= 15 is 0 Å². The fraction of sp³-hybridized carbons (Fsp3) is 0.500. The first-order valence-electron chi connectivity index (χ1n) is 7.66. The molecule has 0 bridgehead atoms. The first-order valence-corrected chi connectivity index (χ1v) is 8.44. The van der Waals surface area contributed by atoms with E-state index in [2.05, 4.69) is 32.8 Å². The Labute approximate surface area is 129 Å². The van der Waals surface area contributed by atoms with Crippen LogP contribution in [0.2, 0.25) is 0 Å². The Kier molecular flexibility index (Phi) is 4.39. The third-order valence-electron chi connectivity index (χ3n) is 3.99. The number of benzene rings is 1. The molecule has 5 heteroatoms. The van der Waals surface area contributed by atoms with Gasteiger partial charge in [-0.1, -0.05) is 19.1 Å². The maximum absolute atomic E-state index is 11.7. The Morgan fingerprint density at radius 3 is 2.90 bits per heavy atom. The fourth-order valence-electron chi connectivity index (χ4n) is 2.86. The summed E-state index contributed by atoms with van der Waals surface area (Å²) in [5, 5.41) is 5.66. The Morgan fingerprint density at radius 2 is 2.14 bits per heavy atom. The number of amides is 1. The zero-order chi connectivity index (χ0) is 14.7. The molecule has 1 aliphatic rings. The topological polar surface area (TPSA) is 45.2 Å². The highest BCUT2D eigenvalue weighted by Crippen LogP contribution is 2.32. The molecule has 0 saturated carbocycles. The van der Waals surface area contributed by atoms with Crippen LogP contribution in [0.1, 0.15) is 32.6 Å². The van der Waals surface area contributed by atoms with Crippen molar-refractivity contribution in [1.29, 1.82) is 0 Å².